The maximum atomic E-state index is 5.10. The Morgan fingerprint density at radius 1 is 1.43 bits per heavy atom. The first-order valence-corrected chi connectivity index (χ1v) is 4.69. The summed E-state index contributed by atoms with van der Waals surface area (Å²) in [7, 11) is 0. The van der Waals surface area contributed by atoms with Crippen LogP contribution >= 0.6 is 0 Å². The van der Waals surface area contributed by atoms with Crippen molar-refractivity contribution < 1.29 is 4.74 Å². The summed E-state index contributed by atoms with van der Waals surface area (Å²) in [5.41, 5.74) is 2.19. The predicted molar refractivity (Wildman–Crippen MR) is 54.3 cm³/mol. The SMILES string of the molecule is c1cc2cn[nH]c2cc1NC1COC1. The number of nitrogens with one attached hydrogen (secondary N) is 2. The quantitative estimate of drug-likeness (QED) is 0.750. The van der Waals surface area contributed by atoms with E-state index in [0.29, 0.717) is 6.04 Å². The molecule has 0 bridgehead atoms. The van der Waals surface area contributed by atoms with E-state index in [1.54, 1.807) is 0 Å². The van der Waals surface area contributed by atoms with Gasteiger partial charge in [-0.25, -0.2) is 0 Å². The van der Waals surface area contributed by atoms with E-state index < -0.39 is 0 Å². The van der Waals surface area contributed by atoms with E-state index >= 15 is 0 Å². The second-order valence-electron chi connectivity index (χ2n) is 3.55. The molecule has 0 amide bonds. The van der Waals surface area contributed by atoms with Gasteiger partial charge in [0.25, 0.3) is 0 Å². The average Bonchev–Trinajstić information content (AvgIpc) is 2.58. The number of rotatable bonds is 2. The van der Waals surface area contributed by atoms with Crippen molar-refractivity contribution >= 4 is 16.6 Å². The molecule has 1 fully saturated rings. The van der Waals surface area contributed by atoms with Crippen LogP contribution in [0, 0.1) is 0 Å². The molecule has 4 nitrogen and oxygen atoms in total. The zero-order chi connectivity index (χ0) is 9.38. The Balaban J connectivity index is 1.88. The minimum atomic E-state index is 0.468. The monoisotopic (exact) mass is 189 g/mol. The van der Waals surface area contributed by atoms with E-state index in [9.17, 15) is 0 Å². The Bertz CT molecular complexity index is 447. The number of aromatic amines is 1. The van der Waals surface area contributed by atoms with Gasteiger partial charge in [0, 0.05) is 11.1 Å². The van der Waals surface area contributed by atoms with Gasteiger partial charge in [0.15, 0.2) is 0 Å². The zero-order valence-electron chi connectivity index (χ0n) is 7.66. The van der Waals surface area contributed by atoms with Gasteiger partial charge in [0.05, 0.1) is 31.0 Å². The van der Waals surface area contributed by atoms with Gasteiger partial charge in [-0.2, -0.15) is 5.10 Å². The Kier molecular flexibility index (Phi) is 1.67. The van der Waals surface area contributed by atoms with Crippen molar-refractivity contribution in [3.63, 3.8) is 0 Å². The lowest BCUT2D eigenvalue weighted by atomic mass is 10.2. The third-order valence-corrected chi connectivity index (χ3v) is 2.45. The van der Waals surface area contributed by atoms with Crippen LogP contribution in [0.25, 0.3) is 10.9 Å². The molecule has 2 N–H and O–H groups in total. The summed E-state index contributed by atoms with van der Waals surface area (Å²) in [6, 6.07) is 6.66. The number of aromatic nitrogens is 2. The fourth-order valence-electron chi connectivity index (χ4n) is 1.58. The molecular weight excluding hydrogens is 178 g/mol. The predicted octanol–water partition coefficient (Wildman–Crippen LogP) is 1.37. The highest BCUT2D eigenvalue weighted by Crippen LogP contribution is 2.18. The topological polar surface area (TPSA) is 49.9 Å². The van der Waals surface area contributed by atoms with Crippen LogP contribution < -0.4 is 5.32 Å². The highest BCUT2D eigenvalue weighted by Gasteiger charge is 2.17. The highest BCUT2D eigenvalue weighted by atomic mass is 16.5. The minimum absolute atomic E-state index is 0.468. The van der Waals surface area contributed by atoms with Gasteiger partial charge in [-0.15, -0.1) is 0 Å². The van der Waals surface area contributed by atoms with Crippen LogP contribution in [0.2, 0.25) is 0 Å². The molecule has 0 unspecified atom stereocenters. The average molecular weight is 189 g/mol. The van der Waals surface area contributed by atoms with Crippen molar-refractivity contribution in [3.8, 4) is 0 Å². The van der Waals surface area contributed by atoms with E-state index in [1.807, 2.05) is 6.20 Å². The van der Waals surface area contributed by atoms with Crippen LogP contribution in [-0.4, -0.2) is 29.5 Å². The van der Waals surface area contributed by atoms with Crippen LogP contribution in [0.15, 0.2) is 24.4 Å². The smallest absolute Gasteiger partial charge is 0.0728 e. The number of fused-ring (bicyclic) bond motifs is 1. The summed E-state index contributed by atoms with van der Waals surface area (Å²) in [5.74, 6) is 0. The molecule has 2 heterocycles. The lowest BCUT2D eigenvalue weighted by Crippen LogP contribution is -2.40. The maximum absolute atomic E-state index is 5.10. The maximum Gasteiger partial charge on any atom is 0.0728 e. The summed E-state index contributed by atoms with van der Waals surface area (Å²) in [4.78, 5) is 0. The molecule has 3 rings (SSSR count). The fraction of sp³-hybridized carbons (Fsp3) is 0.300. The molecule has 1 aliphatic rings. The molecule has 1 aliphatic heterocycles. The minimum Gasteiger partial charge on any atom is -0.378 e. The summed E-state index contributed by atoms with van der Waals surface area (Å²) in [6.45, 7) is 1.61. The molecule has 1 aromatic heterocycles. The molecule has 1 saturated heterocycles. The lowest BCUT2D eigenvalue weighted by Gasteiger charge is -2.27. The van der Waals surface area contributed by atoms with Crippen LogP contribution in [0.3, 0.4) is 0 Å². The van der Waals surface area contributed by atoms with E-state index in [0.717, 1.165) is 29.8 Å². The van der Waals surface area contributed by atoms with Crippen molar-refractivity contribution in [2.24, 2.45) is 0 Å². The number of ether oxygens (including phenoxy) is 1. The van der Waals surface area contributed by atoms with Crippen LogP contribution in [0.5, 0.6) is 0 Å². The van der Waals surface area contributed by atoms with Crippen LogP contribution in [0.4, 0.5) is 5.69 Å². The van der Waals surface area contributed by atoms with E-state index in [2.05, 4.69) is 33.7 Å². The lowest BCUT2D eigenvalue weighted by molar-refractivity contribution is 0.0211. The molecule has 0 radical (unpaired) electrons. The van der Waals surface area contributed by atoms with E-state index in [-0.39, 0.29) is 0 Å². The van der Waals surface area contributed by atoms with Gasteiger partial charge in [-0.3, -0.25) is 5.10 Å². The molecule has 72 valence electrons. The molecule has 0 aliphatic carbocycles. The molecule has 1 aromatic carbocycles. The molecule has 2 aromatic rings. The zero-order valence-corrected chi connectivity index (χ0v) is 7.66. The van der Waals surface area contributed by atoms with Crippen LogP contribution in [-0.2, 0) is 4.74 Å². The Morgan fingerprint density at radius 2 is 2.36 bits per heavy atom. The van der Waals surface area contributed by atoms with Crippen molar-refractivity contribution in [2.75, 3.05) is 18.5 Å². The molecule has 14 heavy (non-hydrogen) atoms. The van der Waals surface area contributed by atoms with E-state index in [1.165, 1.54) is 0 Å². The number of hydrogen-bond acceptors (Lipinski definition) is 3. The van der Waals surface area contributed by atoms with Crippen molar-refractivity contribution in [1.29, 1.82) is 0 Å². The molecule has 0 spiro atoms. The van der Waals surface area contributed by atoms with Crippen molar-refractivity contribution in [3.05, 3.63) is 24.4 Å². The number of H-pyrrole nitrogens is 1. The first kappa shape index (κ1) is 7.82. The molecular formula is C10H11N3O. The second kappa shape index (κ2) is 2.99. The number of hydrogen-bond donors (Lipinski definition) is 2. The van der Waals surface area contributed by atoms with Crippen molar-refractivity contribution in [1.82, 2.24) is 10.2 Å². The Hall–Kier alpha value is -1.55. The Morgan fingerprint density at radius 3 is 3.14 bits per heavy atom. The number of nitrogens with zero attached hydrogens (tertiary/aromatic N) is 1. The molecule has 4 heteroatoms. The summed E-state index contributed by atoms with van der Waals surface area (Å²) >= 11 is 0. The van der Waals surface area contributed by atoms with Gasteiger partial charge in [0.1, 0.15) is 0 Å². The summed E-state index contributed by atoms with van der Waals surface area (Å²) in [5, 5.41) is 11.5. The highest BCUT2D eigenvalue weighted by molar-refractivity contribution is 5.81. The first-order chi connectivity index (χ1) is 6.92. The number of anilines is 1. The standard InChI is InChI=1S/C10H11N3O/c1-2-8(12-9-5-14-6-9)3-10-7(1)4-11-13-10/h1-4,9,12H,5-6H2,(H,11,13). The van der Waals surface area contributed by atoms with Gasteiger partial charge in [0.2, 0.25) is 0 Å². The second-order valence-corrected chi connectivity index (χ2v) is 3.55. The third-order valence-electron chi connectivity index (χ3n) is 2.45. The number of benzene rings is 1. The normalized spacial score (nSPS) is 16.9. The first-order valence-electron chi connectivity index (χ1n) is 4.69. The molecule has 0 saturated carbocycles. The van der Waals surface area contributed by atoms with Gasteiger partial charge in [-0.1, -0.05) is 0 Å². The van der Waals surface area contributed by atoms with E-state index in [4.69, 9.17) is 4.74 Å². The van der Waals surface area contributed by atoms with Crippen molar-refractivity contribution in [2.45, 2.75) is 6.04 Å². The van der Waals surface area contributed by atoms with Gasteiger partial charge >= 0.3 is 0 Å². The summed E-state index contributed by atoms with van der Waals surface area (Å²) in [6.07, 6.45) is 1.82. The van der Waals surface area contributed by atoms with Gasteiger partial charge in [-0.05, 0) is 18.2 Å². The largest absolute Gasteiger partial charge is 0.378 e. The Labute approximate surface area is 81.3 Å². The fourth-order valence-corrected chi connectivity index (χ4v) is 1.58. The third kappa shape index (κ3) is 1.24. The van der Waals surface area contributed by atoms with Crippen LogP contribution in [0.1, 0.15) is 0 Å². The molecule has 0 atom stereocenters. The summed E-state index contributed by atoms with van der Waals surface area (Å²) < 4.78 is 5.10. The van der Waals surface area contributed by atoms with Gasteiger partial charge < -0.3 is 10.1 Å².